The monoisotopic (exact) mass is 444 g/mol. The minimum Gasteiger partial charge on any atom is -0.461 e. The van der Waals surface area contributed by atoms with Crippen molar-refractivity contribution in [2.45, 2.75) is 107 Å². The maximum absolute atomic E-state index is 13.3. The number of hydrogen-bond donors (Lipinski definition) is 2. The van der Waals surface area contributed by atoms with E-state index < -0.39 is 5.72 Å². The molecule has 0 bridgehead atoms. The van der Waals surface area contributed by atoms with Crippen molar-refractivity contribution in [1.29, 1.82) is 0 Å². The summed E-state index contributed by atoms with van der Waals surface area (Å²) in [6.45, 7) is 8.21. The minimum atomic E-state index is -0.750. The molecule has 5 rings (SSSR count). The summed E-state index contributed by atoms with van der Waals surface area (Å²) in [4.78, 5) is 13.3. The van der Waals surface area contributed by atoms with Crippen LogP contribution in [-0.2, 0) is 19.0 Å². The van der Waals surface area contributed by atoms with Crippen LogP contribution in [0.1, 0.15) is 71.6 Å². The van der Waals surface area contributed by atoms with Gasteiger partial charge in [0.25, 0.3) is 0 Å². The topological polar surface area (TPSA) is 71.8 Å². The van der Waals surface area contributed by atoms with Crippen LogP contribution in [0.25, 0.3) is 0 Å². The molecule has 0 amide bonds. The maximum atomic E-state index is 13.3. The fraction of sp³-hybridized carbons (Fsp3) is 0.760. The van der Waals surface area contributed by atoms with Crippen LogP contribution in [0.15, 0.2) is 24.8 Å². The van der Waals surface area contributed by atoms with Gasteiger partial charge in [-0.25, -0.2) is 10.6 Å². The van der Waals surface area contributed by atoms with E-state index in [0.717, 1.165) is 63.7 Å². The van der Waals surface area contributed by atoms with Crippen molar-refractivity contribution in [3.05, 3.63) is 24.8 Å². The Morgan fingerprint density at radius 1 is 1.31 bits per heavy atom. The molecule has 176 valence electrons. The Morgan fingerprint density at radius 3 is 2.97 bits per heavy atom. The predicted octanol–water partition coefficient (Wildman–Crippen LogP) is 2.95. The number of hydrogen-bond acceptors (Lipinski definition) is 6. The molecule has 2 fully saturated rings. The maximum Gasteiger partial charge on any atom is 0.350 e. The fourth-order valence-corrected chi connectivity index (χ4v) is 6.63. The van der Waals surface area contributed by atoms with E-state index in [-0.39, 0.29) is 42.5 Å². The second kappa shape index (κ2) is 8.49. The Labute approximate surface area is 191 Å². The van der Waals surface area contributed by atoms with Gasteiger partial charge in [-0.1, -0.05) is 31.7 Å². The molecule has 5 aliphatic heterocycles. The van der Waals surface area contributed by atoms with Crippen molar-refractivity contribution in [1.82, 2.24) is 10.6 Å². The van der Waals surface area contributed by atoms with Gasteiger partial charge >= 0.3 is 11.9 Å². The van der Waals surface area contributed by atoms with Gasteiger partial charge in [0.05, 0.1) is 24.3 Å². The van der Waals surface area contributed by atoms with Crippen LogP contribution < -0.4 is 10.6 Å². The molecule has 32 heavy (non-hydrogen) atoms. The zero-order chi connectivity index (χ0) is 22.3. The normalized spacial score (nSPS) is 42.8. The summed E-state index contributed by atoms with van der Waals surface area (Å²) in [5.41, 5.74) is -1.14. The first-order chi connectivity index (χ1) is 15.5. The summed E-state index contributed by atoms with van der Waals surface area (Å²) in [7, 11) is 0. The Bertz CT molecular complexity index is 826. The van der Waals surface area contributed by atoms with Gasteiger partial charge in [0.2, 0.25) is 5.72 Å². The van der Waals surface area contributed by atoms with Crippen LogP contribution in [-0.4, -0.2) is 58.9 Å². The number of nitrogens with one attached hydrogen (secondary N) is 2. The molecule has 5 aliphatic rings. The molecule has 0 aromatic rings. The van der Waals surface area contributed by atoms with Gasteiger partial charge in [0.1, 0.15) is 6.61 Å². The van der Waals surface area contributed by atoms with Crippen molar-refractivity contribution >= 4 is 11.9 Å². The lowest BCUT2D eigenvalue weighted by molar-refractivity contribution is -0.609. The second-order valence-electron chi connectivity index (χ2n) is 10.1. The molecular weight excluding hydrogens is 406 g/mol. The Morgan fingerprint density at radius 2 is 2.19 bits per heavy atom. The highest BCUT2D eigenvalue weighted by Gasteiger charge is 2.64. The van der Waals surface area contributed by atoms with E-state index in [2.05, 4.69) is 47.8 Å². The molecule has 7 nitrogen and oxygen atoms in total. The Kier molecular flexibility index (Phi) is 5.82. The quantitative estimate of drug-likeness (QED) is 0.395. The summed E-state index contributed by atoms with van der Waals surface area (Å²) in [5.74, 6) is 0.426. The third-order valence-electron chi connectivity index (χ3n) is 7.95. The smallest absolute Gasteiger partial charge is 0.350 e. The minimum absolute atomic E-state index is 0.0644. The number of esters is 1. The van der Waals surface area contributed by atoms with Crippen molar-refractivity contribution in [2.24, 2.45) is 5.92 Å². The molecule has 0 aliphatic carbocycles. The number of nitrogens with zero attached hydrogens (tertiary/aromatic N) is 1. The van der Waals surface area contributed by atoms with Gasteiger partial charge < -0.3 is 14.2 Å². The molecule has 0 aromatic heterocycles. The highest BCUT2D eigenvalue weighted by atomic mass is 16.6. The number of carbonyl (C=O) groups excluding carboxylic acids is 1. The summed E-state index contributed by atoms with van der Waals surface area (Å²) < 4.78 is 21.3. The van der Waals surface area contributed by atoms with E-state index >= 15 is 0 Å². The summed E-state index contributed by atoms with van der Waals surface area (Å²) in [5, 5.41) is 7.50. The van der Waals surface area contributed by atoms with Crippen LogP contribution in [0.4, 0.5) is 0 Å². The summed E-state index contributed by atoms with van der Waals surface area (Å²) in [6, 6.07) is 0.405. The van der Waals surface area contributed by atoms with Gasteiger partial charge in [-0.2, -0.15) is 0 Å². The molecule has 2 saturated heterocycles. The number of carbonyl (C=O) groups is 1. The van der Waals surface area contributed by atoms with Gasteiger partial charge in [-0.3, -0.25) is 9.37 Å². The Hall–Kier alpha value is -1.86. The molecule has 2 spiro atoms. The van der Waals surface area contributed by atoms with Crippen LogP contribution in [0.5, 0.6) is 0 Å². The second-order valence-corrected chi connectivity index (χ2v) is 10.1. The van der Waals surface area contributed by atoms with Crippen LogP contribution in [0.3, 0.4) is 0 Å². The van der Waals surface area contributed by atoms with Crippen LogP contribution in [0, 0.1) is 5.92 Å². The third-order valence-corrected chi connectivity index (χ3v) is 7.95. The molecule has 0 aromatic carbocycles. The van der Waals surface area contributed by atoms with E-state index in [9.17, 15) is 4.79 Å². The molecule has 0 unspecified atom stereocenters. The van der Waals surface area contributed by atoms with Crippen molar-refractivity contribution < 1.29 is 23.6 Å². The predicted molar refractivity (Wildman–Crippen MR) is 121 cm³/mol. The van der Waals surface area contributed by atoms with E-state index in [1.807, 2.05) is 0 Å². The van der Waals surface area contributed by atoms with E-state index in [1.54, 1.807) is 6.08 Å². The number of allylic oxidation sites excluding steroid dienone is 1. The van der Waals surface area contributed by atoms with Crippen molar-refractivity contribution in [2.75, 3.05) is 6.61 Å². The highest BCUT2D eigenvalue weighted by molar-refractivity contribution is 5.82. The first-order valence-corrected chi connectivity index (χ1v) is 12.5. The number of ether oxygens (including phenoxy) is 3. The van der Waals surface area contributed by atoms with Crippen molar-refractivity contribution in [3.63, 3.8) is 0 Å². The fourth-order valence-electron chi connectivity index (χ4n) is 6.63. The van der Waals surface area contributed by atoms with E-state index in [0.29, 0.717) is 6.04 Å². The first kappa shape index (κ1) is 22.0. The molecule has 7 heteroatoms. The lowest BCUT2D eigenvalue weighted by Gasteiger charge is -2.50. The van der Waals surface area contributed by atoms with Gasteiger partial charge in [0.15, 0.2) is 11.6 Å². The van der Waals surface area contributed by atoms with Crippen molar-refractivity contribution in [3.8, 4) is 0 Å². The molecule has 0 saturated carbocycles. The zero-order valence-corrected chi connectivity index (χ0v) is 19.5. The molecule has 2 N–H and O–H groups in total. The highest BCUT2D eigenvalue weighted by Crippen LogP contribution is 2.45. The van der Waals surface area contributed by atoms with Gasteiger partial charge in [-0.15, -0.1) is 0 Å². The lowest BCUT2D eigenvalue weighted by Crippen LogP contribution is -2.76. The SMILES string of the molecule is C=CCOC(=O)[C@H]1[C@H]2CC[C@H]3C[C@@]4(CCC=C[C@H](CC)O4)NC(=[N+]32)N[C@@]12CCC[C@@H](C)O2. The summed E-state index contributed by atoms with van der Waals surface area (Å²) >= 11 is 0. The lowest BCUT2D eigenvalue weighted by atomic mass is 9.80. The van der Waals surface area contributed by atoms with Crippen LogP contribution >= 0.6 is 0 Å². The average molecular weight is 445 g/mol. The molecule has 7 atom stereocenters. The average Bonchev–Trinajstić information content (AvgIpc) is 3.07. The van der Waals surface area contributed by atoms with Gasteiger partial charge in [-0.05, 0) is 45.4 Å². The number of rotatable bonds is 4. The van der Waals surface area contributed by atoms with Gasteiger partial charge in [0, 0.05) is 19.3 Å². The van der Waals surface area contributed by atoms with Crippen LogP contribution in [0.2, 0.25) is 0 Å². The molecular formula is C25H38N3O4+. The molecule has 0 radical (unpaired) electrons. The van der Waals surface area contributed by atoms with E-state index in [1.165, 1.54) is 0 Å². The molecule has 5 heterocycles. The number of guanidine groups is 1. The Balaban J connectivity index is 1.51. The zero-order valence-electron chi connectivity index (χ0n) is 19.5. The summed E-state index contributed by atoms with van der Waals surface area (Å²) in [6.07, 6.45) is 15.0. The first-order valence-electron chi connectivity index (χ1n) is 12.5. The third kappa shape index (κ3) is 3.67. The largest absolute Gasteiger partial charge is 0.461 e. The van der Waals surface area contributed by atoms with E-state index in [4.69, 9.17) is 14.2 Å². The standard InChI is InChI=1S/C25H37N3O4/c1-4-15-30-22(29)21-20-12-11-18-16-24(13-7-6-10-19(5-2)32-24)26-23(28(18)20)27-25(21)14-8-9-17(3)31-25/h4,6,10,17-21H,1,5,7-9,11-16H2,2-3H3,(H,26,27)/p+1/t17-,18+,19+,20-,21-,24+,25-/m1/s1.